The average Bonchev–Trinajstić information content (AvgIpc) is 3.47. The molecule has 0 saturated heterocycles. The molecule has 0 atom stereocenters. The first-order chi connectivity index (χ1) is 16.2. The molecule has 7 heteroatoms. The fraction of sp³-hybridized carbons (Fsp3) is 0.0385. The Morgan fingerprint density at radius 2 is 1.76 bits per heavy atom. The van der Waals surface area contributed by atoms with E-state index in [1.807, 2.05) is 36.5 Å². The maximum absolute atomic E-state index is 14.2. The summed E-state index contributed by atoms with van der Waals surface area (Å²) < 4.78 is 19.4. The maximum atomic E-state index is 14.2. The number of aromatic amines is 2. The number of pyridine rings is 2. The Hall–Kier alpha value is -4.52. The molecule has 0 aliphatic rings. The van der Waals surface area contributed by atoms with Gasteiger partial charge in [0.2, 0.25) is 0 Å². The number of rotatable bonds is 4. The van der Waals surface area contributed by atoms with Gasteiger partial charge in [0.25, 0.3) is 0 Å². The van der Waals surface area contributed by atoms with E-state index in [9.17, 15) is 4.39 Å². The molecule has 0 fully saturated rings. The molecule has 0 bridgehead atoms. The normalized spacial score (nSPS) is 11.3. The first-order valence-electron chi connectivity index (χ1n) is 10.4. The number of nitrogens with one attached hydrogen (secondary N) is 2. The van der Waals surface area contributed by atoms with Crippen molar-refractivity contribution in [3.63, 3.8) is 0 Å². The maximum Gasteiger partial charge on any atom is 0.127 e. The number of ether oxygens (including phenoxy) is 1. The van der Waals surface area contributed by atoms with E-state index < -0.39 is 0 Å². The predicted molar refractivity (Wildman–Crippen MR) is 126 cm³/mol. The molecule has 6 aromatic rings. The number of H-pyrrole nitrogens is 2. The quantitative estimate of drug-likeness (QED) is 0.357. The zero-order valence-electron chi connectivity index (χ0n) is 17.6. The number of aromatic nitrogens is 5. The molecule has 4 heterocycles. The minimum absolute atomic E-state index is 0.363. The Bertz CT molecular complexity index is 1620. The Labute approximate surface area is 188 Å². The van der Waals surface area contributed by atoms with Gasteiger partial charge >= 0.3 is 0 Å². The van der Waals surface area contributed by atoms with Crippen LogP contribution in [0, 0.1) is 5.82 Å². The van der Waals surface area contributed by atoms with Crippen molar-refractivity contribution >= 4 is 21.8 Å². The summed E-state index contributed by atoms with van der Waals surface area (Å²) in [5.41, 5.74) is 7.02. The third-order valence-electron chi connectivity index (χ3n) is 5.78. The number of hydrogen-bond acceptors (Lipinski definition) is 4. The number of hydrogen-bond donors (Lipinski definition) is 2. The van der Waals surface area contributed by atoms with Gasteiger partial charge in [-0.3, -0.25) is 15.1 Å². The number of fused-ring (bicyclic) bond motifs is 2. The van der Waals surface area contributed by atoms with E-state index in [-0.39, 0.29) is 5.82 Å². The van der Waals surface area contributed by atoms with Crippen molar-refractivity contribution in [3.05, 3.63) is 85.2 Å². The monoisotopic (exact) mass is 435 g/mol. The van der Waals surface area contributed by atoms with Crippen LogP contribution in [0.15, 0.2) is 79.4 Å². The van der Waals surface area contributed by atoms with Gasteiger partial charge in [-0.1, -0.05) is 12.1 Å². The third-order valence-corrected chi connectivity index (χ3v) is 5.78. The second-order valence-electron chi connectivity index (χ2n) is 7.79. The fourth-order valence-electron chi connectivity index (χ4n) is 4.18. The standard InChI is InChI=1S/C26H18FN5O/c1-33-19-8-17(7-18(27)10-19)22-13-29-14-25-20(22)11-24(30-25)26-21-9-15(4-5-23(21)31-32-26)16-3-2-6-28-12-16/h2-14,30H,1H3,(H,31,32). The highest BCUT2D eigenvalue weighted by Crippen LogP contribution is 2.35. The summed E-state index contributed by atoms with van der Waals surface area (Å²) in [6, 6.07) is 16.8. The van der Waals surface area contributed by atoms with Crippen LogP contribution in [0.25, 0.3) is 55.4 Å². The van der Waals surface area contributed by atoms with Crippen LogP contribution in [0.2, 0.25) is 0 Å². The number of halogens is 1. The zero-order valence-corrected chi connectivity index (χ0v) is 17.6. The van der Waals surface area contributed by atoms with Gasteiger partial charge in [0.1, 0.15) is 17.3 Å². The van der Waals surface area contributed by atoms with Crippen LogP contribution >= 0.6 is 0 Å². The first-order valence-corrected chi connectivity index (χ1v) is 10.4. The Kier molecular flexibility index (Phi) is 4.40. The van der Waals surface area contributed by atoms with Gasteiger partial charge in [-0.25, -0.2) is 4.39 Å². The fourth-order valence-corrected chi connectivity index (χ4v) is 4.18. The van der Waals surface area contributed by atoms with Crippen molar-refractivity contribution in [3.8, 4) is 39.4 Å². The summed E-state index contributed by atoms with van der Waals surface area (Å²) in [4.78, 5) is 12.0. The summed E-state index contributed by atoms with van der Waals surface area (Å²) in [5, 5.41) is 9.59. The molecule has 0 spiro atoms. The summed E-state index contributed by atoms with van der Waals surface area (Å²) in [6.07, 6.45) is 7.09. The first kappa shape index (κ1) is 19.2. The number of methoxy groups -OCH3 is 1. The number of benzene rings is 2. The number of nitrogens with zero attached hydrogens (tertiary/aromatic N) is 3. The molecule has 33 heavy (non-hydrogen) atoms. The van der Waals surface area contributed by atoms with Crippen molar-refractivity contribution in [2.75, 3.05) is 7.11 Å². The van der Waals surface area contributed by atoms with Gasteiger partial charge in [-0.2, -0.15) is 5.10 Å². The average molecular weight is 435 g/mol. The lowest BCUT2D eigenvalue weighted by Gasteiger charge is -2.06. The lowest BCUT2D eigenvalue weighted by Crippen LogP contribution is -1.88. The van der Waals surface area contributed by atoms with E-state index in [2.05, 4.69) is 31.2 Å². The van der Waals surface area contributed by atoms with Crippen LogP contribution in [0.1, 0.15) is 0 Å². The summed E-state index contributed by atoms with van der Waals surface area (Å²) in [5.74, 6) is 0.0947. The molecule has 2 aromatic carbocycles. The third kappa shape index (κ3) is 3.30. The molecule has 0 unspecified atom stereocenters. The summed E-state index contributed by atoms with van der Waals surface area (Å²) in [7, 11) is 1.52. The van der Waals surface area contributed by atoms with Crippen molar-refractivity contribution in [1.29, 1.82) is 0 Å². The minimum atomic E-state index is -0.363. The van der Waals surface area contributed by atoms with Crippen LogP contribution in [0.3, 0.4) is 0 Å². The van der Waals surface area contributed by atoms with E-state index in [0.29, 0.717) is 11.3 Å². The Morgan fingerprint density at radius 3 is 2.61 bits per heavy atom. The van der Waals surface area contributed by atoms with Gasteiger partial charge in [-0.05, 0) is 47.5 Å². The second kappa shape index (κ2) is 7.56. The molecule has 2 N–H and O–H groups in total. The molecule has 0 amide bonds. The molecular weight excluding hydrogens is 417 g/mol. The van der Waals surface area contributed by atoms with E-state index in [0.717, 1.165) is 49.9 Å². The highest BCUT2D eigenvalue weighted by atomic mass is 19.1. The molecule has 6 rings (SSSR count). The molecule has 6 nitrogen and oxygen atoms in total. The molecule has 0 radical (unpaired) electrons. The van der Waals surface area contributed by atoms with E-state index in [4.69, 9.17) is 4.74 Å². The zero-order chi connectivity index (χ0) is 22.4. The lowest BCUT2D eigenvalue weighted by molar-refractivity contribution is 0.411. The highest BCUT2D eigenvalue weighted by Gasteiger charge is 2.15. The molecule has 4 aromatic heterocycles. The van der Waals surface area contributed by atoms with Gasteiger partial charge < -0.3 is 9.72 Å². The minimum Gasteiger partial charge on any atom is -0.497 e. The van der Waals surface area contributed by atoms with Crippen molar-refractivity contribution in [1.82, 2.24) is 25.1 Å². The second-order valence-corrected chi connectivity index (χ2v) is 7.79. The van der Waals surface area contributed by atoms with E-state index in [1.165, 1.54) is 19.2 Å². The van der Waals surface area contributed by atoms with Crippen molar-refractivity contribution in [2.45, 2.75) is 0 Å². The van der Waals surface area contributed by atoms with Crippen LogP contribution in [0.4, 0.5) is 4.39 Å². The lowest BCUT2D eigenvalue weighted by atomic mass is 10.0. The van der Waals surface area contributed by atoms with E-state index in [1.54, 1.807) is 24.7 Å². The molecular formula is C26H18FN5O. The van der Waals surface area contributed by atoms with Crippen LogP contribution < -0.4 is 4.74 Å². The van der Waals surface area contributed by atoms with Gasteiger partial charge in [0, 0.05) is 46.6 Å². The van der Waals surface area contributed by atoms with E-state index >= 15 is 0 Å². The molecule has 0 aliphatic carbocycles. The Morgan fingerprint density at radius 1 is 0.818 bits per heavy atom. The van der Waals surface area contributed by atoms with Crippen molar-refractivity contribution in [2.24, 2.45) is 0 Å². The van der Waals surface area contributed by atoms with Crippen LogP contribution in [-0.2, 0) is 0 Å². The topological polar surface area (TPSA) is 79.5 Å². The van der Waals surface area contributed by atoms with Crippen molar-refractivity contribution < 1.29 is 9.13 Å². The molecule has 160 valence electrons. The van der Waals surface area contributed by atoms with Gasteiger partial charge in [0.05, 0.1) is 30.0 Å². The summed E-state index contributed by atoms with van der Waals surface area (Å²) >= 11 is 0. The SMILES string of the molecule is COc1cc(F)cc(-c2cncc3[nH]c(-c4n[nH]c5ccc(-c6cccnc6)cc45)cc23)c1. The van der Waals surface area contributed by atoms with Gasteiger partial charge in [-0.15, -0.1) is 0 Å². The molecule has 0 aliphatic heterocycles. The largest absolute Gasteiger partial charge is 0.497 e. The van der Waals surface area contributed by atoms with Gasteiger partial charge in [0.15, 0.2) is 0 Å². The predicted octanol–water partition coefficient (Wildman–Crippen LogP) is 5.98. The highest BCUT2D eigenvalue weighted by molar-refractivity contribution is 6.01. The van der Waals surface area contributed by atoms with Crippen LogP contribution in [-0.4, -0.2) is 32.3 Å². The summed E-state index contributed by atoms with van der Waals surface area (Å²) in [6.45, 7) is 0. The smallest absolute Gasteiger partial charge is 0.127 e. The van der Waals surface area contributed by atoms with Crippen LogP contribution in [0.5, 0.6) is 5.75 Å². The Balaban J connectivity index is 1.50. The molecule has 0 saturated carbocycles.